The smallest absolute Gasteiger partial charge is 0.308 e. The first-order valence-electron chi connectivity index (χ1n) is 10.7. The first-order valence-corrected chi connectivity index (χ1v) is 12.5. The van der Waals surface area contributed by atoms with Crippen LogP contribution in [-0.2, 0) is 24.9 Å². The zero-order chi connectivity index (χ0) is 25.0. The Balaban J connectivity index is 1.69. The number of esters is 1. The lowest BCUT2D eigenvalue weighted by Crippen LogP contribution is -2.45. The number of benzene rings is 1. The third kappa shape index (κ3) is 7.04. The van der Waals surface area contributed by atoms with Gasteiger partial charge in [0.1, 0.15) is 17.4 Å². The Morgan fingerprint density at radius 2 is 1.97 bits per heavy atom. The highest BCUT2D eigenvalue weighted by atomic mass is 32.2. The Bertz CT molecular complexity index is 1190. The number of hydrogen-bond donors (Lipinski definition) is 2. The van der Waals surface area contributed by atoms with Crippen LogP contribution in [0.2, 0.25) is 0 Å². The topological polar surface area (TPSA) is 123 Å². The Hall–Kier alpha value is -2.92. The van der Waals surface area contributed by atoms with Gasteiger partial charge in [-0.1, -0.05) is 16.9 Å². The van der Waals surface area contributed by atoms with Gasteiger partial charge in [0, 0.05) is 23.9 Å². The summed E-state index contributed by atoms with van der Waals surface area (Å²) >= 11 is 3.11. The summed E-state index contributed by atoms with van der Waals surface area (Å²) in [6, 6.07) is 4.33. The van der Waals surface area contributed by atoms with Crippen molar-refractivity contribution in [2.75, 3.05) is 5.32 Å². The summed E-state index contributed by atoms with van der Waals surface area (Å²) < 4.78 is 12.3. The molecule has 0 bridgehead atoms. The fourth-order valence-corrected chi connectivity index (χ4v) is 5.38. The molecule has 0 saturated carbocycles. The summed E-state index contributed by atoms with van der Waals surface area (Å²) in [6.45, 7) is 10.3. The molecule has 1 aromatic carbocycles. The van der Waals surface area contributed by atoms with Crippen LogP contribution in [0.4, 0.5) is 5.69 Å². The van der Waals surface area contributed by atoms with E-state index in [-0.39, 0.29) is 6.42 Å². The van der Waals surface area contributed by atoms with Crippen molar-refractivity contribution in [1.29, 1.82) is 0 Å². The first-order chi connectivity index (χ1) is 15.9. The van der Waals surface area contributed by atoms with Gasteiger partial charge in [-0.15, -0.1) is 11.3 Å². The molecule has 3 aromatic rings. The molecule has 0 radical (unpaired) electrons. The fourth-order valence-electron chi connectivity index (χ4n) is 3.12. The van der Waals surface area contributed by atoms with Crippen molar-refractivity contribution in [1.82, 2.24) is 15.5 Å². The summed E-state index contributed by atoms with van der Waals surface area (Å²) in [5.74, 6) is 0.0168. The molecule has 0 saturated heterocycles. The van der Waals surface area contributed by atoms with Gasteiger partial charge in [0.2, 0.25) is 11.8 Å². The number of carbonyl (C=O) groups excluding carboxylic acids is 3. The third-order valence-corrected chi connectivity index (χ3v) is 6.83. The van der Waals surface area contributed by atoms with Gasteiger partial charge in [0.05, 0.1) is 22.3 Å². The molecule has 11 heteroatoms. The number of carbonyl (C=O) groups is 3. The van der Waals surface area contributed by atoms with Crippen molar-refractivity contribution >= 4 is 56.8 Å². The zero-order valence-electron chi connectivity index (χ0n) is 20.0. The molecule has 9 nitrogen and oxygen atoms in total. The summed E-state index contributed by atoms with van der Waals surface area (Å²) in [6.07, 6.45) is -0.270. The molecular formula is C23H28N4O5S2. The van der Waals surface area contributed by atoms with Crippen LogP contribution in [0.1, 0.15) is 51.1 Å². The molecule has 1 atom stereocenters. The van der Waals surface area contributed by atoms with E-state index in [0.29, 0.717) is 11.4 Å². The van der Waals surface area contributed by atoms with Crippen molar-refractivity contribution in [2.45, 2.75) is 69.7 Å². The van der Waals surface area contributed by atoms with E-state index in [0.717, 1.165) is 31.6 Å². The molecule has 34 heavy (non-hydrogen) atoms. The minimum absolute atomic E-state index is 0.270. The quantitative estimate of drug-likeness (QED) is 0.342. The highest BCUT2D eigenvalue weighted by Gasteiger charge is 2.26. The zero-order valence-corrected chi connectivity index (χ0v) is 21.6. The maximum atomic E-state index is 12.8. The van der Waals surface area contributed by atoms with Crippen LogP contribution in [0, 0.1) is 13.8 Å². The Labute approximate surface area is 206 Å². The van der Waals surface area contributed by atoms with Gasteiger partial charge >= 0.3 is 5.97 Å². The van der Waals surface area contributed by atoms with Gasteiger partial charge in [-0.3, -0.25) is 14.4 Å². The lowest BCUT2D eigenvalue weighted by Gasteiger charge is -2.22. The number of amides is 2. The van der Waals surface area contributed by atoms with Gasteiger partial charge in [-0.2, -0.15) is 0 Å². The minimum atomic E-state index is -1.05. The number of thiazole rings is 1. The van der Waals surface area contributed by atoms with Gasteiger partial charge in [-0.25, -0.2) is 4.98 Å². The third-order valence-electron chi connectivity index (χ3n) is 4.64. The Morgan fingerprint density at radius 3 is 2.59 bits per heavy atom. The lowest BCUT2D eigenvalue weighted by molar-refractivity contribution is -0.156. The highest BCUT2D eigenvalue weighted by Crippen LogP contribution is 2.34. The predicted octanol–water partition coefficient (Wildman–Crippen LogP) is 4.37. The Morgan fingerprint density at radius 1 is 1.24 bits per heavy atom. The van der Waals surface area contributed by atoms with Crippen LogP contribution in [0.5, 0.6) is 0 Å². The standard InChI is InChI=1S/C23H28N4O5S2/c1-12-16(13(2)32-27-12)11-33-22-26-17-8-7-15(9-19(17)34-22)25-21(30)18(24-14(3)28)10-20(29)31-23(4,5)6/h7-9,18H,10-11H2,1-6H3,(H,24,28)(H,25,30). The number of thioether (sulfide) groups is 1. The molecule has 2 N–H and O–H groups in total. The van der Waals surface area contributed by atoms with Crippen LogP contribution in [0.25, 0.3) is 10.2 Å². The summed E-state index contributed by atoms with van der Waals surface area (Å²) in [4.78, 5) is 41.2. The number of rotatable bonds is 8. The first kappa shape index (κ1) is 25.7. The van der Waals surface area contributed by atoms with Crippen molar-refractivity contribution < 1.29 is 23.6 Å². The van der Waals surface area contributed by atoms with Crippen LogP contribution >= 0.6 is 23.1 Å². The number of nitrogens with zero attached hydrogens (tertiary/aromatic N) is 2. The molecular weight excluding hydrogens is 476 g/mol. The molecule has 0 aliphatic rings. The number of hydrogen-bond acceptors (Lipinski definition) is 9. The van der Waals surface area contributed by atoms with E-state index in [1.54, 1.807) is 38.6 Å². The van der Waals surface area contributed by atoms with E-state index < -0.39 is 29.4 Å². The van der Waals surface area contributed by atoms with Crippen LogP contribution < -0.4 is 10.6 Å². The maximum Gasteiger partial charge on any atom is 0.308 e. The van der Waals surface area contributed by atoms with Gasteiger partial charge in [0.25, 0.3) is 0 Å². The molecule has 2 aromatic heterocycles. The second-order valence-corrected chi connectivity index (χ2v) is 11.0. The molecule has 1 unspecified atom stereocenters. The van der Waals surface area contributed by atoms with Crippen LogP contribution in [0.3, 0.4) is 0 Å². The summed E-state index contributed by atoms with van der Waals surface area (Å²) in [5.41, 5.74) is 2.61. The molecule has 182 valence electrons. The molecule has 0 aliphatic heterocycles. The SMILES string of the molecule is CC(=O)NC(CC(=O)OC(C)(C)C)C(=O)Nc1ccc2nc(SCc3c(C)noc3C)sc2c1. The molecule has 0 aliphatic carbocycles. The van der Waals surface area contributed by atoms with E-state index in [9.17, 15) is 14.4 Å². The summed E-state index contributed by atoms with van der Waals surface area (Å²) in [7, 11) is 0. The van der Waals surface area contributed by atoms with Crippen molar-refractivity contribution in [3.05, 3.63) is 35.2 Å². The second-order valence-electron chi connectivity index (χ2n) is 8.79. The minimum Gasteiger partial charge on any atom is -0.460 e. The van der Waals surface area contributed by atoms with Crippen LogP contribution in [-0.4, -0.2) is 39.6 Å². The molecule has 2 heterocycles. The largest absolute Gasteiger partial charge is 0.460 e. The predicted molar refractivity (Wildman–Crippen MR) is 132 cm³/mol. The fraction of sp³-hybridized carbons (Fsp3) is 0.435. The van der Waals surface area contributed by atoms with Gasteiger partial charge in [-0.05, 0) is 52.8 Å². The van der Waals surface area contributed by atoms with E-state index in [4.69, 9.17) is 9.26 Å². The highest BCUT2D eigenvalue weighted by molar-refractivity contribution is 8.00. The maximum absolute atomic E-state index is 12.8. The monoisotopic (exact) mass is 504 g/mol. The van der Waals surface area contributed by atoms with E-state index in [1.807, 2.05) is 26.0 Å². The van der Waals surface area contributed by atoms with E-state index >= 15 is 0 Å². The number of aryl methyl sites for hydroxylation is 2. The van der Waals surface area contributed by atoms with Gasteiger partial charge in [0.15, 0.2) is 4.34 Å². The second kappa shape index (κ2) is 10.6. The normalized spacial score (nSPS) is 12.4. The molecule has 3 rings (SSSR count). The number of nitrogens with one attached hydrogen (secondary N) is 2. The lowest BCUT2D eigenvalue weighted by atomic mass is 10.1. The molecule has 2 amide bonds. The molecule has 0 spiro atoms. The van der Waals surface area contributed by atoms with Crippen molar-refractivity contribution in [2.24, 2.45) is 0 Å². The van der Waals surface area contributed by atoms with Crippen LogP contribution in [0.15, 0.2) is 27.1 Å². The van der Waals surface area contributed by atoms with E-state index in [1.165, 1.54) is 18.3 Å². The van der Waals surface area contributed by atoms with E-state index in [2.05, 4.69) is 20.8 Å². The summed E-state index contributed by atoms with van der Waals surface area (Å²) in [5, 5.41) is 9.27. The van der Waals surface area contributed by atoms with Crippen molar-refractivity contribution in [3.63, 3.8) is 0 Å². The van der Waals surface area contributed by atoms with Gasteiger partial charge < -0.3 is 19.9 Å². The number of fused-ring (bicyclic) bond motifs is 1. The number of ether oxygens (including phenoxy) is 1. The average molecular weight is 505 g/mol. The average Bonchev–Trinajstić information content (AvgIpc) is 3.26. The Kier molecular flexibility index (Phi) is 7.98. The number of anilines is 1. The molecule has 0 fully saturated rings. The van der Waals surface area contributed by atoms with Crippen molar-refractivity contribution in [3.8, 4) is 0 Å². The number of aromatic nitrogens is 2.